The fourth-order valence-electron chi connectivity index (χ4n) is 3.86. The molecule has 0 radical (unpaired) electrons. The zero-order valence-electron chi connectivity index (χ0n) is 15.7. The number of aryl methyl sites for hydroxylation is 2. The SMILES string of the molecule is Cc1ccc(S(=O)(=O)N2CCN(C(=O)[C@@H]3CC[C@H](C(=O)O)C3)CC2)cc1C. The van der Waals surface area contributed by atoms with E-state index in [4.69, 9.17) is 5.11 Å². The maximum atomic E-state index is 12.9. The summed E-state index contributed by atoms with van der Waals surface area (Å²) in [5, 5.41) is 9.09. The van der Waals surface area contributed by atoms with Crippen LogP contribution < -0.4 is 0 Å². The second kappa shape index (κ2) is 7.59. The standard InChI is InChI=1S/C19H26N2O5S/c1-13-3-6-17(11-14(13)2)27(25,26)21-9-7-20(8-10-21)18(22)15-4-5-16(12-15)19(23)24/h3,6,11,15-16H,4-5,7-10,12H2,1-2H3,(H,23,24)/t15-,16+/m1/s1. The molecule has 1 aliphatic heterocycles. The molecule has 0 aromatic heterocycles. The highest BCUT2D eigenvalue weighted by Gasteiger charge is 2.37. The molecule has 0 unspecified atom stereocenters. The van der Waals surface area contributed by atoms with Crippen LogP contribution in [0, 0.1) is 25.7 Å². The number of hydrogen-bond acceptors (Lipinski definition) is 4. The van der Waals surface area contributed by atoms with Gasteiger partial charge in [-0.3, -0.25) is 9.59 Å². The van der Waals surface area contributed by atoms with Gasteiger partial charge in [-0.1, -0.05) is 6.07 Å². The molecular formula is C19H26N2O5S. The van der Waals surface area contributed by atoms with Crippen LogP contribution in [0.3, 0.4) is 0 Å². The Labute approximate surface area is 160 Å². The molecule has 1 N–H and O–H groups in total. The number of sulfonamides is 1. The van der Waals surface area contributed by atoms with E-state index >= 15 is 0 Å². The highest BCUT2D eigenvalue weighted by molar-refractivity contribution is 7.89. The molecule has 3 rings (SSSR count). The minimum absolute atomic E-state index is 0.0398. The molecule has 1 aliphatic carbocycles. The Kier molecular flexibility index (Phi) is 5.58. The summed E-state index contributed by atoms with van der Waals surface area (Å²) in [6, 6.07) is 5.12. The van der Waals surface area contributed by atoms with Crippen molar-refractivity contribution in [2.75, 3.05) is 26.2 Å². The molecule has 1 amide bonds. The summed E-state index contributed by atoms with van der Waals surface area (Å²) in [7, 11) is -3.57. The minimum Gasteiger partial charge on any atom is -0.481 e. The molecular weight excluding hydrogens is 368 g/mol. The van der Waals surface area contributed by atoms with E-state index < -0.39 is 21.9 Å². The number of benzene rings is 1. The first-order chi connectivity index (χ1) is 12.7. The molecule has 1 aromatic carbocycles. The molecule has 1 saturated heterocycles. The summed E-state index contributed by atoms with van der Waals surface area (Å²) >= 11 is 0. The maximum Gasteiger partial charge on any atom is 0.306 e. The molecule has 148 valence electrons. The van der Waals surface area contributed by atoms with Crippen LogP contribution in [0.2, 0.25) is 0 Å². The predicted molar refractivity (Wildman–Crippen MR) is 99.7 cm³/mol. The average Bonchev–Trinajstić information content (AvgIpc) is 3.14. The van der Waals surface area contributed by atoms with Crippen LogP contribution in [0.1, 0.15) is 30.4 Å². The summed E-state index contributed by atoms with van der Waals surface area (Å²) in [4.78, 5) is 25.7. The third-order valence-electron chi connectivity index (χ3n) is 5.80. The predicted octanol–water partition coefficient (Wildman–Crippen LogP) is 1.64. The second-order valence-corrected chi connectivity index (χ2v) is 9.46. The van der Waals surface area contributed by atoms with Crippen LogP contribution >= 0.6 is 0 Å². The summed E-state index contributed by atoms with van der Waals surface area (Å²) in [5.41, 5.74) is 1.97. The first kappa shape index (κ1) is 19.8. The van der Waals surface area contributed by atoms with Crippen molar-refractivity contribution in [2.24, 2.45) is 11.8 Å². The molecule has 27 heavy (non-hydrogen) atoms. The van der Waals surface area contributed by atoms with E-state index in [-0.39, 0.29) is 29.8 Å². The number of carboxylic acids is 1. The van der Waals surface area contributed by atoms with Gasteiger partial charge < -0.3 is 10.0 Å². The quantitative estimate of drug-likeness (QED) is 0.838. The number of carbonyl (C=O) groups is 2. The van der Waals surface area contributed by atoms with E-state index in [9.17, 15) is 18.0 Å². The number of carbonyl (C=O) groups excluding carboxylic acids is 1. The summed E-state index contributed by atoms with van der Waals surface area (Å²) in [5.74, 6) is -1.57. The van der Waals surface area contributed by atoms with Gasteiger partial charge in [-0.2, -0.15) is 4.31 Å². The van der Waals surface area contributed by atoms with Gasteiger partial charge in [0.2, 0.25) is 15.9 Å². The fourth-order valence-corrected chi connectivity index (χ4v) is 5.37. The van der Waals surface area contributed by atoms with Gasteiger partial charge in [0, 0.05) is 32.1 Å². The number of piperazine rings is 1. The van der Waals surface area contributed by atoms with Crippen LogP contribution in [-0.2, 0) is 19.6 Å². The molecule has 8 heteroatoms. The fraction of sp³-hybridized carbons (Fsp3) is 0.579. The van der Waals surface area contributed by atoms with Gasteiger partial charge in [-0.05, 0) is 56.4 Å². The van der Waals surface area contributed by atoms with Crippen LogP contribution in [0.25, 0.3) is 0 Å². The van der Waals surface area contributed by atoms with Gasteiger partial charge in [0.25, 0.3) is 0 Å². The van der Waals surface area contributed by atoms with Crippen LogP contribution in [0.15, 0.2) is 23.1 Å². The van der Waals surface area contributed by atoms with Crippen molar-refractivity contribution < 1.29 is 23.1 Å². The Hall–Kier alpha value is -1.93. The lowest BCUT2D eigenvalue weighted by Crippen LogP contribution is -2.51. The van der Waals surface area contributed by atoms with E-state index in [1.54, 1.807) is 23.1 Å². The Morgan fingerprint density at radius 3 is 2.19 bits per heavy atom. The molecule has 1 heterocycles. The van der Waals surface area contributed by atoms with Gasteiger partial charge in [0.05, 0.1) is 10.8 Å². The van der Waals surface area contributed by atoms with E-state index in [1.807, 2.05) is 13.8 Å². The lowest BCUT2D eigenvalue weighted by Gasteiger charge is -2.35. The molecule has 7 nitrogen and oxygen atoms in total. The molecule has 2 fully saturated rings. The van der Waals surface area contributed by atoms with Crippen LogP contribution in [-0.4, -0.2) is 60.8 Å². The molecule has 2 aliphatic rings. The lowest BCUT2D eigenvalue weighted by atomic mass is 10.0. The number of amides is 1. The van der Waals surface area contributed by atoms with Crippen molar-refractivity contribution in [2.45, 2.75) is 38.0 Å². The Bertz CT molecular complexity index is 844. The van der Waals surface area contributed by atoms with Crippen LogP contribution in [0.5, 0.6) is 0 Å². The maximum absolute atomic E-state index is 12.9. The second-order valence-electron chi connectivity index (χ2n) is 7.52. The van der Waals surface area contributed by atoms with Crippen molar-refractivity contribution in [3.8, 4) is 0 Å². The number of rotatable bonds is 4. The number of aliphatic carboxylic acids is 1. The normalized spacial score (nSPS) is 24.1. The zero-order valence-corrected chi connectivity index (χ0v) is 16.5. The summed E-state index contributed by atoms with van der Waals surface area (Å²) < 4.78 is 27.1. The molecule has 1 saturated carbocycles. The van der Waals surface area contributed by atoms with Crippen molar-refractivity contribution in [1.29, 1.82) is 0 Å². The Balaban J connectivity index is 1.62. The van der Waals surface area contributed by atoms with E-state index in [1.165, 1.54) is 4.31 Å². The van der Waals surface area contributed by atoms with Gasteiger partial charge in [0.1, 0.15) is 0 Å². The van der Waals surface area contributed by atoms with Gasteiger partial charge in [-0.25, -0.2) is 8.42 Å². The average molecular weight is 394 g/mol. The number of hydrogen-bond donors (Lipinski definition) is 1. The highest BCUT2D eigenvalue weighted by atomic mass is 32.2. The topological polar surface area (TPSA) is 95.0 Å². The van der Waals surface area contributed by atoms with Gasteiger partial charge in [0.15, 0.2) is 0 Å². The molecule has 1 aromatic rings. The van der Waals surface area contributed by atoms with Gasteiger partial charge in [-0.15, -0.1) is 0 Å². The third-order valence-corrected chi connectivity index (χ3v) is 7.69. The highest BCUT2D eigenvalue weighted by Crippen LogP contribution is 2.32. The smallest absolute Gasteiger partial charge is 0.306 e. The molecule has 0 spiro atoms. The van der Waals surface area contributed by atoms with Crippen molar-refractivity contribution >= 4 is 21.9 Å². The van der Waals surface area contributed by atoms with Crippen LogP contribution in [0.4, 0.5) is 0 Å². The van der Waals surface area contributed by atoms with E-state index in [2.05, 4.69) is 0 Å². The van der Waals surface area contributed by atoms with Crippen molar-refractivity contribution in [1.82, 2.24) is 9.21 Å². The Morgan fingerprint density at radius 1 is 1.00 bits per heavy atom. The lowest BCUT2D eigenvalue weighted by molar-refractivity contribution is -0.141. The largest absolute Gasteiger partial charge is 0.481 e. The minimum atomic E-state index is -3.57. The van der Waals surface area contributed by atoms with E-state index in [0.717, 1.165) is 11.1 Å². The number of carboxylic acid groups (broad SMARTS) is 1. The van der Waals surface area contributed by atoms with Gasteiger partial charge >= 0.3 is 5.97 Å². The van der Waals surface area contributed by atoms with E-state index in [0.29, 0.717) is 32.4 Å². The van der Waals surface area contributed by atoms with Crippen molar-refractivity contribution in [3.63, 3.8) is 0 Å². The molecule has 0 bridgehead atoms. The first-order valence-corrected chi connectivity index (χ1v) is 10.7. The third kappa shape index (κ3) is 4.01. The Morgan fingerprint density at radius 2 is 1.63 bits per heavy atom. The first-order valence-electron chi connectivity index (χ1n) is 9.29. The number of nitrogens with zero attached hydrogens (tertiary/aromatic N) is 2. The molecule has 2 atom stereocenters. The summed E-state index contributed by atoms with van der Waals surface area (Å²) in [6.07, 6.45) is 1.51. The summed E-state index contributed by atoms with van der Waals surface area (Å²) in [6.45, 7) is 5.03. The van der Waals surface area contributed by atoms with Crippen molar-refractivity contribution in [3.05, 3.63) is 29.3 Å². The zero-order chi connectivity index (χ0) is 19.8. The monoisotopic (exact) mass is 394 g/mol.